The Morgan fingerprint density at radius 3 is 2.56 bits per heavy atom. The van der Waals surface area contributed by atoms with Crippen molar-refractivity contribution in [1.29, 1.82) is 0 Å². The fraction of sp³-hybridized carbons (Fsp3) is 0.409. The van der Waals surface area contributed by atoms with E-state index in [1.54, 1.807) is 26.0 Å². The van der Waals surface area contributed by atoms with Gasteiger partial charge in [0.05, 0.1) is 22.0 Å². The first-order valence-corrected chi connectivity index (χ1v) is 12.6. The van der Waals surface area contributed by atoms with Gasteiger partial charge in [0.1, 0.15) is 0 Å². The molecule has 190 valence electrons. The third kappa shape index (κ3) is 4.77. The smallest absolute Gasteiger partial charge is 0.309 e. The van der Waals surface area contributed by atoms with E-state index in [-0.39, 0.29) is 47.4 Å². The van der Waals surface area contributed by atoms with Gasteiger partial charge < -0.3 is 21.2 Å². The number of nitrogen functional groups attached to an aromatic ring is 1. The second-order valence-corrected chi connectivity index (χ2v) is 11.1. The molecule has 2 unspecified atom stereocenters. The normalized spacial score (nSPS) is 18.7. The summed E-state index contributed by atoms with van der Waals surface area (Å²) in [5, 5.41) is 10.1. The van der Waals surface area contributed by atoms with Crippen LogP contribution in [0.5, 0.6) is 0 Å². The molecule has 1 fully saturated rings. The molecular weight excluding hydrogens is 458 g/mol. The average molecular weight is 496 g/mol. The lowest BCUT2D eigenvalue weighted by atomic mass is 9.91. The molecule has 2 heterocycles. The molecule has 0 radical (unpaired) electrons. The van der Waals surface area contributed by atoms with E-state index in [0.29, 0.717) is 11.3 Å². The minimum atomic E-state index is -3.39. The molecule has 1 aromatic carbocycles. The van der Waals surface area contributed by atoms with E-state index >= 15 is 0 Å². The number of amides is 1. The fourth-order valence-corrected chi connectivity index (χ4v) is 4.82. The zero-order valence-electron chi connectivity index (χ0n) is 18.9. The number of aromatic nitrogens is 4. The molecule has 1 aliphatic carbocycles. The maximum absolute atomic E-state index is 12.6. The van der Waals surface area contributed by atoms with Gasteiger partial charge in [0, 0.05) is 24.8 Å². The molecule has 2 atom stereocenters. The van der Waals surface area contributed by atoms with Crippen molar-refractivity contribution in [3.8, 4) is 22.8 Å². The van der Waals surface area contributed by atoms with Crippen LogP contribution in [0.2, 0.25) is 0 Å². The summed E-state index contributed by atoms with van der Waals surface area (Å²) < 4.78 is 30.2. The van der Waals surface area contributed by atoms with Crippen LogP contribution >= 0.6 is 0 Å². The predicted molar refractivity (Wildman–Crippen MR) is 136 cm³/mol. The fourth-order valence-electron chi connectivity index (χ4n) is 3.76. The first-order chi connectivity index (χ1) is 16.2. The zero-order chi connectivity index (χ0) is 24.5. The third-order valence-electron chi connectivity index (χ3n) is 5.86. The molecule has 1 saturated carbocycles. The number of nitrogens with zero attached hydrogens (tertiary/aromatic N) is 4. The molecule has 0 aliphatic heterocycles. The summed E-state index contributed by atoms with van der Waals surface area (Å²) >= 11 is 0. The van der Waals surface area contributed by atoms with E-state index in [9.17, 15) is 13.2 Å². The zero-order valence-corrected chi connectivity index (χ0v) is 19.7. The van der Waals surface area contributed by atoms with E-state index in [1.165, 1.54) is 18.3 Å². The second kappa shape index (κ2) is 9.47. The summed E-state index contributed by atoms with van der Waals surface area (Å²) in [5.74, 6) is -0.732. The Kier molecular flexibility index (Phi) is 6.62. The summed E-state index contributed by atoms with van der Waals surface area (Å²) in [6.45, 7) is 3.26. The quantitative estimate of drug-likeness (QED) is 0.459. The van der Waals surface area contributed by atoms with Gasteiger partial charge in [-0.2, -0.15) is 0 Å². The monoisotopic (exact) mass is 495 g/mol. The number of carbonyl (C=O) groups is 1. The number of hydrogen-bond donors (Lipinski definition) is 3. The minimum Gasteiger partial charge on any atom is -0.410 e. The van der Waals surface area contributed by atoms with Crippen molar-refractivity contribution in [3.63, 3.8) is 0 Å². The van der Waals surface area contributed by atoms with Gasteiger partial charge in [-0.15, -0.1) is 10.2 Å². The predicted octanol–water partition coefficient (Wildman–Crippen LogP) is 3.19. The van der Waals surface area contributed by atoms with Gasteiger partial charge in [0.15, 0.2) is 21.3 Å². The van der Waals surface area contributed by atoms with Crippen LogP contribution in [0.3, 0.4) is 0 Å². The van der Waals surface area contributed by atoms with Gasteiger partial charge in [-0.25, -0.2) is 18.4 Å². The Morgan fingerprint density at radius 2 is 1.88 bits per heavy atom. The number of rotatable bonds is 6. The standard InChI is InChI=1S/C22H27N7O4S.5H2/c1-12(2)34(31,32)14-9-7-13(8-10-14)17-11-25-19(24)18(26-17)21-28-29-22(33-21)20(30)27-16-6-4-3-5-15(16)23;;;;;/h7-12,15-16H,3-6,23H2,1-2H3,(H2,24,25)(H,27,30);5*1H. The van der Waals surface area contributed by atoms with Gasteiger partial charge in [0.25, 0.3) is 5.89 Å². The number of carbonyl (C=O) groups excluding carboxylic acids is 1. The lowest BCUT2D eigenvalue weighted by Gasteiger charge is -2.28. The second-order valence-electron chi connectivity index (χ2n) is 8.55. The molecule has 0 bridgehead atoms. The Morgan fingerprint density at radius 1 is 1.18 bits per heavy atom. The maximum atomic E-state index is 12.6. The Hall–Kier alpha value is -3.38. The lowest BCUT2D eigenvalue weighted by molar-refractivity contribution is 0.0886. The molecule has 12 heteroatoms. The summed E-state index contributed by atoms with van der Waals surface area (Å²) in [7, 11) is -3.39. The number of benzene rings is 1. The molecule has 1 amide bonds. The van der Waals surface area contributed by atoms with E-state index in [1.807, 2.05) is 0 Å². The Balaban J connectivity index is 0. The van der Waals surface area contributed by atoms with Crippen molar-refractivity contribution < 1.29 is 24.8 Å². The first-order valence-electron chi connectivity index (χ1n) is 11.0. The largest absolute Gasteiger partial charge is 0.410 e. The number of nitrogens with two attached hydrogens (primary N) is 2. The van der Waals surface area contributed by atoms with Crippen molar-refractivity contribution in [1.82, 2.24) is 25.5 Å². The highest BCUT2D eigenvalue weighted by Gasteiger charge is 2.27. The maximum Gasteiger partial charge on any atom is 0.309 e. The van der Waals surface area contributed by atoms with Gasteiger partial charge in [0.2, 0.25) is 0 Å². The molecule has 11 nitrogen and oxygen atoms in total. The highest BCUT2D eigenvalue weighted by molar-refractivity contribution is 7.92. The van der Waals surface area contributed by atoms with Crippen molar-refractivity contribution in [2.75, 3.05) is 5.73 Å². The third-order valence-corrected chi connectivity index (χ3v) is 8.03. The van der Waals surface area contributed by atoms with Gasteiger partial charge in [-0.1, -0.05) is 25.0 Å². The molecule has 5 N–H and O–H groups in total. The van der Waals surface area contributed by atoms with Crippen molar-refractivity contribution in [2.24, 2.45) is 5.73 Å². The summed E-state index contributed by atoms with van der Waals surface area (Å²) in [5.41, 5.74) is 13.2. The van der Waals surface area contributed by atoms with Crippen LogP contribution in [0.15, 0.2) is 39.8 Å². The van der Waals surface area contributed by atoms with Crippen LogP contribution in [-0.2, 0) is 9.84 Å². The van der Waals surface area contributed by atoms with Gasteiger partial charge in [-0.3, -0.25) is 4.79 Å². The van der Waals surface area contributed by atoms with Gasteiger partial charge >= 0.3 is 11.8 Å². The summed E-state index contributed by atoms with van der Waals surface area (Å²) in [6.07, 6.45) is 5.15. The average Bonchev–Trinajstić information content (AvgIpc) is 3.31. The molecular formula is C22H37N7O4S. The number of hydrogen-bond acceptors (Lipinski definition) is 10. The van der Waals surface area contributed by atoms with Crippen molar-refractivity contribution >= 4 is 21.6 Å². The SMILES string of the molecule is CC(C)S(=O)(=O)c1ccc(-c2cnc(N)c(-c3nnc(C(=O)NC4CCCCC4N)o3)n2)cc1.[HH].[HH].[HH].[HH].[HH]. The summed E-state index contributed by atoms with van der Waals surface area (Å²) in [4.78, 5) is 21.4. The van der Waals surface area contributed by atoms with Crippen LogP contribution in [-0.4, -0.2) is 51.8 Å². The number of anilines is 1. The molecule has 3 aromatic rings. The van der Waals surface area contributed by atoms with Crippen LogP contribution in [0, 0.1) is 0 Å². The molecule has 1 aliphatic rings. The molecule has 0 saturated heterocycles. The van der Waals surface area contributed by atoms with E-state index < -0.39 is 21.0 Å². The summed E-state index contributed by atoms with van der Waals surface area (Å²) in [6, 6.07) is 6.06. The number of nitrogens with one attached hydrogen (secondary N) is 1. The lowest BCUT2D eigenvalue weighted by Crippen LogP contribution is -2.49. The highest BCUT2D eigenvalue weighted by atomic mass is 32.2. The van der Waals surface area contributed by atoms with E-state index in [4.69, 9.17) is 15.9 Å². The molecule has 2 aromatic heterocycles. The van der Waals surface area contributed by atoms with Crippen molar-refractivity contribution in [2.45, 2.75) is 61.8 Å². The van der Waals surface area contributed by atoms with Crippen LogP contribution in [0.1, 0.15) is 57.3 Å². The highest BCUT2D eigenvalue weighted by Crippen LogP contribution is 2.27. The molecule has 34 heavy (non-hydrogen) atoms. The van der Waals surface area contributed by atoms with Gasteiger partial charge in [-0.05, 0) is 38.8 Å². The Labute approximate surface area is 204 Å². The van der Waals surface area contributed by atoms with Crippen LogP contribution in [0.4, 0.5) is 5.82 Å². The number of sulfone groups is 1. The van der Waals surface area contributed by atoms with Crippen molar-refractivity contribution in [3.05, 3.63) is 36.4 Å². The van der Waals surface area contributed by atoms with Crippen LogP contribution in [0.25, 0.3) is 22.8 Å². The molecule has 0 spiro atoms. The molecule has 4 rings (SSSR count). The van der Waals surface area contributed by atoms with E-state index in [2.05, 4.69) is 25.5 Å². The van der Waals surface area contributed by atoms with Crippen LogP contribution < -0.4 is 16.8 Å². The van der Waals surface area contributed by atoms with E-state index in [0.717, 1.165) is 25.7 Å². The Bertz CT molecular complexity index is 1310. The topological polar surface area (TPSA) is 180 Å². The first kappa shape index (κ1) is 23.8. The minimum absolute atomic E-state index is 0.